The van der Waals surface area contributed by atoms with Crippen molar-refractivity contribution in [2.75, 3.05) is 5.32 Å². The maximum absolute atomic E-state index is 12.2. The normalized spacial score (nSPS) is 10.2. The summed E-state index contributed by atoms with van der Waals surface area (Å²) in [6.45, 7) is 0. The van der Waals surface area contributed by atoms with Crippen LogP contribution in [-0.4, -0.2) is 17.0 Å². The molecule has 0 aromatic heterocycles. The molecule has 0 atom stereocenters. The van der Waals surface area contributed by atoms with Crippen molar-refractivity contribution in [2.24, 2.45) is 0 Å². The highest BCUT2D eigenvalue weighted by molar-refractivity contribution is 6.36. The van der Waals surface area contributed by atoms with Gasteiger partial charge in [-0.3, -0.25) is 4.79 Å². The lowest BCUT2D eigenvalue weighted by Gasteiger charge is -2.10. The van der Waals surface area contributed by atoms with Crippen LogP contribution in [0.25, 0.3) is 0 Å². The Labute approximate surface area is 135 Å². The van der Waals surface area contributed by atoms with Gasteiger partial charge in [0.2, 0.25) is 0 Å². The third-order valence-electron chi connectivity index (χ3n) is 2.63. The summed E-state index contributed by atoms with van der Waals surface area (Å²) in [6, 6.07) is 8.56. The van der Waals surface area contributed by atoms with Gasteiger partial charge in [-0.05, 0) is 36.4 Å². The van der Waals surface area contributed by atoms with E-state index in [1.807, 2.05) is 0 Å². The molecule has 0 aliphatic heterocycles. The highest BCUT2D eigenvalue weighted by Crippen LogP contribution is 2.24. The third kappa shape index (κ3) is 3.67. The van der Waals surface area contributed by atoms with Crippen molar-refractivity contribution < 1.29 is 14.7 Å². The van der Waals surface area contributed by atoms with E-state index in [1.165, 1.54) is 30.3 Å². The number of benzene rings is 2. The SMILES string of the molecule is O=C(Nc1ccc(Cl)cc1C(=O)O)c1cc(Cl)ccc1Cl. The van der Waals surface area contributed by atoms with Crippen LogP contribution in [0.4, 0.5) is 5.69 Å². The first kappa shape index (κ1) is 15.6. The fourth-order valence-corrected chi connectivity index (χ4v) is 2.21. The van der Waals surface area contributed by atoms with Crippen molar-refractivity contribution in [2.45, 2.75) is 0 Å². The zero-order valence-corrected chi connectivity index (χ0v) is 12.6. The molecular formula is C14H8Cl3NO3. The van der Waals surface area contributed by atoms with Gasteiger partial charge in [-0.25, -0.2) is 4.79 Å². The number of hydrogen-bond donors (Lipinski definition) is 2. The number of aromatic carboxylic acids is 1. The number of nitrogens with one attached hydrogen (secondary N) is 1. The van der Waals surface area contributed by atoms with E-state index < -0.39 is 11.9 Å². The Bertz CT molecular complexity index is 731. The summed E-state index contributed by atoms with van der Waals surface area (Å²) in [6.07, 6.45) is 0. The first-order valence-corrected chi connectivity index (χ1v) is 6.81. The molecule has 21 heavy (non-hydrogen) atoms. The van der Waals surface area contributed by atoms with Crippen LogP contribution in [0, 0.1) is 0 Å². The molecule has 7 heteroatoms. The minimum Gasteiger partial charge on any atom is -0.478 e. The summed E-state index contributed by atoms with van der Waals surface area (Å²) < 4.78 is 0. The first-order chi connectivity index (χ1) is 9.88. The molecule has 0 fully saturated rings. The minimum atomic E-state index is -1.20. The molecule has 0 radical (unpaired) electrons. The van der Waals surface area contributed by atoms with E-state index in [1.54, 1.807) is 6.07 Å². The maximum atomic E-state index is 12.2. The second kappa shape index (κ2) is 6.35. The predicted molar refractivity (Wildman–Crippen MR) is 82.8 cm³/mol. The fourth-order valence-electron chi connectivity index (χ4n) is 1.66. The molecule has 0 saturated heterocycles. The molecule has 2 rings (SSSR count). The van der Waals surface area contributed by atoms with E-state index in [4.69, 9.17) is 39.9 Å². The summed E-state index contributed by atoms with van der Waals surface area (Å²) >= 11 is 17.5. The monoisotopic (exact) mass is 343 g/mol. The Balaban J connectivity index is 2.36. The van der Waals surface area contributed by atoms with Gasteiger partial charge in [0.15, 0.2) is 0 Å². The highest BCUT2D eigenvalue weighted by Gasteiger charge is 2.16. The van der Waals surface area contributed by atoms with E-state index in [2.05, 4.69) is 5.32 Å². The van der Waals surface area contributed by atoms with E-state index in [9.17, 15) is 9.59 Å². The smallest absolute Gasteiger partial charge is 0.337 e. The van der Waals surface area contributed by atoms with Gasteiger partial charge >= 0.3 is 5.97 Å². The van der Waals surface area contributed by atoms with E-state index in [0.29, 0.717) is 5.02 Å². The lowest BCUT2D eigenvalue weighted by Crippen LogP contribution is -2.15. The molecule has 2 aromatic carbocycles. The van der Waals surface area contributed by atoms with Crippen LogP contribution in [-0.2, 0) is 0 Å². The molecule has 108 valence electrons. The zero-order chi connectivity index (χ0) is 15.6. The van der Waals surface area contributed by atoms with E-state index in [-0.39, 0.29) is 26.9 Å². The number of hydrogen-bond acceptors (Lipinski definition) is 2. The van der Waals surface area contributed by atoms with Crippen LogP contribution in [0.1, 0.15) is 20.7 Å². The van der Waals surface area contributed by atoms with Crippen molar-refractivity contribution in [3.8, 4) is 0 Å². The molecule has 0 aliphatic carbocycles. The van der Waals surface area contributed by atoms with Gasteiger partial charge in [0.1, 0.15) is 0 Å². The van der Waals surface area contributed by atoms with Crippen LogP contribution in [0.3, 0.4) is 0 Å². The molecule has 2 aromatic rings. The summed E-state index contributed by atoms with van der Waals surface area (Å²) in [7, 11) is 0. The molecule has 1 amide bonds. The van der Waals surface area contributed by atoms with Gasteiger partial charge in [0.05, 0.1) is 21.8 Å². The van der Waals surface area contributed by atoms with Crippen molar-refractivity contribution in [1.82, 2.24) is 0 Å². The van der Waals surface area contributed by atoms with E-state index >= 15 is 0 Å². The molecule has 4 nitrogen and oxygen atoms in total. The van der Waals surface area contributed by atoms with Crippen LogP contribution in [0.5, 0.6) is 0 Å². The lowest BCUT2D eigenvalue weighted by atomic mass is 10.1. The molecule has 0 heterocycles. The second-order valence-corrected chi connectivity index (χ2v) is 5.35. The summed E-state index contributed by atoms with van der Waals surface area (Å²) in [4.78, 5) is 23.3. The number of anilines is 1. The predicted octanol–water partition coefficient (Wildman–Crippen LogP) is 4.60. The minimum absolute atomic E-state index is 0.117. The van der Waals surface area contributed by atoms with Crippen LogP contribution < -0.4 is 5.32 Å². The lowest BCUT2D eigenvalue weighted by molar-refractivity contribution is 0.0698. The first-order valence-electron chi connectivity index (χ1n) is 5.67. The quantitative estimate of drug-likeness (QED) is 0.855. The maximum Gasteiger partial charge on any atom is 0.337 e. The van der Waals surface area contributed by atoms with Crippen LogP contribution in [0.2, 0.25) is 15.1 Å². The standard InChI is InChI=1S/C14H8Cl3NO3/c15-7-1-3-11(17)9(5-7)13(19)18-12-4-2-8(16)6-10(12)14(20)21/h1-6H,(H,18,19)(H,20,21). The van der Waals surface area contributed by atoms with Crippen LogP contribution in [0.15, 0.2) is 36.4 Å². The molecule has 0 aliphatic rings. The molecule has 0 saturated carbocycles. The Morgan fingerprint density at radius 2 is 1.48 bits per heavy atom. The average molecular weight is 345 g/mol. The third-order valence-corrected chi connectivity index (χ3v) is 3.43. The topological polar surface area (TPSA) is 66.4 Å². The number of carbonyl (C=O) groups excluding carboxylic acids is 1. The summed E-state index contributed by atoms with van der Waals surface area (Å²) in [5.74, 6) is -1.77. The Morgan fingerprint density at radius 1 is 0.905 bits per heavy atom. The average Bonchev–Trinajstić information content (AvgIpc) is 2.43. The number of amides is 1. The van der Waals surface area contributed by atoms with Crippen molar-refractivity contribution in [3.05, 3.63) is 62.6 Å². The Kier molecular flexibility index (Phi) is 4.73. The number of halogens is 3. The number of carbonyl (C=O) groups is 2. The van der Waals surface area contributed by atoms with E-state index in [0.717, 1.165) is 0 Å². The largest absolute Gasteiger partial charge is 0.478 e. The second-order valence-electron chi connectivity index (χ2n) is 4.07. The molecule has 2 N–H and O–H groups in total. The number of rotatable bonds is 3. The van der Waals surface area contributed by atoms with Gasteiger partial charge in [-0.15, -0.1) is 0 Å². The van der Waals surface area contributed by atoms with Gasteiger partial charge in [-0.1, -0.05) is 34.8 Å². The van der Waals surface area contributed by atoms with Gasteiger partial charge < -0.3 is 10.4 Å². The van der Waals surface area contributed by atoms with Crippen molar-refractivity contribution >= 4 is 52.4 Å². The Hall–Kier alpha value is -1.75. The zero-order valence-electron chi connectivity index (χ0n) is 10.4. The highest BCUT2D eigenvalue weighted by atomic mass is 35.5. The van der Waals surface area contributed by atoms with Crippen molar-refractivity contribution in [3.63, 3.8) is 0 Å². The van der Waals surface area contributed by atoms with Crippen LogP contribution >= 0.6 is 34.8 Å². The Morgan fingerprint density at radius 3 is 2.10 bits per heavy atom. The molecule has 0 unspecified atom stereocenters. The summed E-state index contributed by atoms with van der Waals surface area (Å²) in [5.41, 5.74) is 0.150. The molecular weight excluding hydrogens is 337 g/mol. The summed E-state index contributed by atoms with van der Waals surface area (Å²) in [5, 5.41) is 12.4. The fraction of sp³-hybridized carbons (Fsp3) is 0. The number of carboxylic acid groups (broad SMARTS) is 1. The van der Waals surface area contributed by atoms with Gasteiger partial charge in [0.25, 0.3) is 5.91 Å². The number of carboxylic acids is 1. The van der Waals surface area contributed by atoms with Gasteiger partial charge in [0, 0.05) is 10.0 Å². The van der Waals surface area contributed by atoms with Gasteiger partial charge in [-0.2, -0.15) is 0 Å². The van der Waals surface area contributed by atoms with Crippen molar-refractivity contribution in [1.29, 1.82) is 0 Å². The molecule has 0 bridgehead atoms. The molecule has 0 spiro atoms.